The van der Waals surface area contributed by atoms with Crippen molar-refractivity contribution in [2.24, 2.45) is 11.8 Å². The number of carboxylic acids is 1. The lowest BCUT2D eigenvalue weighted by Crippen LogP contribution is -2.35. The molecule has 4 rings (SSSR count). The van der Waals surface area contributed by atoms with E-state index < -0.39 is 12.1 Å². The molecule has 2 aromatic carbocycles. The molecule has 2 aliphatic carbocycles. The molecule has 0 heterocycles. The van der Waals surface area contributed by atoms with Crippen LogP contribution in [0, 0.1) is 11.8 Å². The summed E-state index contributed by atoms with van der Waals surface area (Å²) < 4.78 is 5.60. The number of amides is 2. The lowest BCUT2D eigenvalue weighted by Gasteiger charge is -2.16. The van der Waals surface area contributed by atoms with Crippen LogP contribution in [0.15, 0.2) is 48.5 Å². The summed E-state index contributed by atoms with van der Waals surface area (Å²) in [5.74, 6) is -0.422. The van der Waals surface area contributed by atoms with Gasteiger partial charge in [0, 0.05) is 24.9 Å². The lowest BCUT2D eigenvalue weighted by molar-refractivity contribution is -0.137. The molecular weight excluding hydrogens is 432 g/mol. The summed E-state index contributed by atoms with van der Waals surface area (Å²) in [5, 5.41) is 14.5. The number of carbonyl (C=O) groups excluding carboxylic acids is 2. The second kappa shape index (κ2) is 10.7. The smallest absolute Gasteiger partial charge is 0.407 e. The maximum atomic E-state index is 12.4. The van der Waals surface area contributed by atoms with Crippen molar-refractivity contribution in [1.82, 2.24) is 10.6 Å². The molecule has 0 aromatic heterocycles. The van der Waals surface area contributed by atoms with Gasteiger partial charge in [0.15, 0.2) is 0 Å². The summed E-state index contributed by atoms with van der Waals surface area (Å²) in [5.41, 5.74) is 4.77. The van der Waals surface area contributed by atoms with Crippen molar-refractivity contribution in [1.29, 1.82) is 0 Å². The van der Waals surface area contributed by atoms with Crippen LogP contribution in [-0.4, -0.2) is 42.3 Å². The Hall–Kier alpha value is -3.35. The highest BCUT2D eigenvalue weighted by molar-refractivity contribution is 5.79. The highest BCUT2D eigenvalue weighted by atomic mass is 16.5. The Morgan fingerprint density at radius 2 is 1.62 bits per heavy atom. The highest BCUT2D eigenvalue weighted by Gasteiger charge is 2.30. The van der Waals surface area contributed by atoms with Crippen molar-refractivity contribution in [2.45, 2.75) is 51.0 Å². The monoisotopic (exact) mass is 464 g/mol. The Kier molecular flexibility index (Phi) is 7.50. The van der Waals surface area contributed by atoms with Gasteiger partial charge in [-0.3, -0.25) is 9.59 Å². The van der Waals surface area contributed by atoms with Gasteiger partial charge in [0.05, 0.1) is 6.42 Å². The summed E-state index contributed by atoms with van der Waals surface area (Å²) in [6.07, 6.45) is 2.65. The molecule has 0 aliphatic heterocycles. The lowest BCUT2D eigenvalue weighted by atomic mass is 9.98. The van der Waals surface area contributed by atoms with E-state index in [2.05, 4.69) is 34.9 Å². The number of benzene rings is 2. The summed E-state index contributed by atoms with van der Waals surface area (Å²) in [6, 6.07) is 16.1. The molecule has 0 radical (unpaired) electrons. The molecule has 34 heavy (non-hydrogen) atoms. The van der Waals surface area contributed by atoms with E-state index in [9.17, 15) is 14.4 Å². The van der Waals surface area contributed by atoms with Gasteiger partial charge in [-0.2, -0.15) is 0 Å². The topological polar surface area (TPSA) is 105 Å². The zero-order chi connectivity index (χ0) is 24.1. The molecule has 7 heteroatoms. The molecule has 3 N–H and O–H groups in total. The maximum absolute atomic E-state index is 12.4. The standard InChI is InChI=1S/C27H32N2O5/c1-17(12-26(31)32)29-25(30)14-18-10-11-19(13-18)15-28-27(33)34-16-24-22-8-4-2-6-20(22)21-7-3-5-9-23(21)24/h2-9,17-19,24H,10-16H2,1H3,(H,28,33)(H,29,30)(H,31,32). The zero-order valence-corrected chi connectivity index (χ0v) is 19.5. The second-order valence-electron chi connectivity index (χ2n) is 9.52. The van der Waals surface area contributed by atoms with Crippen LogP contribution in [0.1, 0.15) is 56.1 Å². The molecule has 3 unspecified atom stereocenters. The minimum atomic E-state index is -0.923. The van der Waals surface area contributed by atoms with Crippen molar-refractivity contribution in [3.8, 4) is 11.1 Å². The number of hydrogen-bond acceptors (Lipinski definition) is 4. The third-order valence-electron chi connectivity index (χ3n) is 6.89. The number of nitrogens with one attached hydrogen (secondary N) is 2. The van der Waals surface area contributed by atoms with Gasteiger partial charge in [-0.25, -0.2) is 4.79 Å². The molecule has 2 aromatic rings. The Morgan fingerprint density at radius 3 is 2.26 bits per heavy atom. The summed E-state index contributed by atoms with van der Waals surface area (Å²) in [7, 11) is 0. The van der Waals surface area contributed by atoms with Crippen LogP contribution < -0.4 is 10.6 Å². The molecule has 2 aliphatic rings. The average Bonchev–Trinajstić information content (AvgIpc) is 3.37. The first-order valence-corrected chi connectivity index (χ1v) is 12.0. The van der Waals surface area contributed by atoms with Gasteiger partial charge < -0.3 is 20.5 Å². The number of fused-ring (bicyclic) bond motifs is 3. The molecule has 0 saturated heterocycles. The predicted octanol–water partition coefficient (Wildman–Crippen LogP) is 4.31. The third kappa shape index (κ3) is 5.76. The number of alkyl carbamates (subject to hydrolysis) is 1. The first-order chi connectivity index (χ1) is 16.4. The van der Waals surface area contributed by atoms with E-state index in [0.717, 1.165) is 19.3 Å². The van der Waals surface area contributed by atoms with Crippen molar-refractivity contribution in [2.75, 3.05) is 13.2 Å². The van der Waals surface area contributed by atoms with Crippen LogP contribution in [-0.2, 0) is 14.3 Å². The van der Waals surface area contributed by atoms with Crippen molar-refractivity contribution in [3.05, 3.63) is 59.7 Å². The van der Waals surface area contributed by atoms with Crippen LogP contribution in [0.3, 0.4) is 0 Å². The number of hydrogen-bond donors (Lipinski definition) is 3. The minimum Gasteiger partial charge on any atom is -0.481 e. The van der Waals surface area contributed by atoms with E-state index in [1.165, 1.54) is 22.3 Å². The highest BCUT2D eigenvalue weighted by Crippen LogP contribution is 2.44. The summed E-state index contributed by atoms with van der Waals surface area (Å²) in [4.78, 5) is 35.3. The second-order valence-corrected chi connectivity index (χ2v) is 9.52. The number of aliphatic carboxylic acids is 1. The van der Waals surface area contributed by atoms with Crippen molar-refractivity contribution in [3.63, 3.8) is 0 Å². The van der Waals surface area contributed by atoms with E-state index in [1.807, 2.05) is 24.3 Å². The fourth-order valence-corrected chi connectivity index (χ4v) is 5.34. The van der Waals surface area contributed by atoms with Gasteiger partial charge in [0.1, 0.15) is 6.61 Å². The summed E-state index contributed by atoms with van der Waals surface area (Å²) in [6.45, 7) is 2.52. The van der Waals surface area contributed by atoms with E-state index in [4.69, 9.17) is 9.84 Å². The van der Waals surface area contributed by atoms with Gasteiger partial charge in [-0.15, -0.1) is 0 Å². The molecule has 7 nitrogen and oxygen atoms in total. The first kappa shape index (κ1) is 23.8. The Morgan fingerprint density at radius 1 is 1.00 bits per heavy atom. The van der Waals surface area contributed by atoms with Crippen molar-refractivity contribution >= 4 is 18.0 Å². The van der Waals surface area contributed by atoms with Gasteiger partial charge >= 0.3 is 12.1 Å². The Labute approximate surface area is 199 Å². The number of carbonyl (C=O) groups is 3. The largest absolute Gasteiger partial charge is 0.481 e. The fourth-order valence-electron chi connectivity index (χ4n) is 5.34. The van der Waals surface area contributed by atoms with Crippen LogP contribution in [0.2, 0.25) is 0 Å². The maximum Gasteiger partial charge on any atom is 0.407 e. The van der Waals surface area contributed by atoms with Crippen LogP contribution in [0.25, 0.3) is 11.1 Å². The fraction of sp³-hybridized carbons (Fsp3) is 0.444. The van der Waals surface area contributed by atoms with Gasteiger partial charge in [-0.1, -0.05) is 48.5 Å². The van der Waals surface area contributed by atoms with E-state index in [-0.39, 0.29) is 30.2 Å². The SMILES string of the molecule is CC(CC(=O)O)NC(=O)CC1CCC(CNC(=O)OCC2c3ccccc3-c3ccccc32)C1. The van der Waals surface area contributed by atoms with Gasteiger partial charge in [-0.05, 0) is 60.3 Å². The Bertz CT molecular complexity index is 1010. The third-order valence-corrected chi connectivity index (χ3v) is 6.89. The van der Waals surface area contributed by atoms with E-state index >= 15 is 0 Å². The molecular formula is C27H32N2O5. The quantitative estimate of drug-likeness (QED) is 0.513. The van der Waals surface area contributed by atoms with Crippen LogP contribution in [0.4, 0.5) is 4.79 Å². The average molecular weight is 465 g/mol. The zero-order valence-electron chi connectivity index (χ0n) is 19.5. The normalized spacial score (nSPS) is 19.7. The predicted molar refractivity (Wildman–Crippen MR) is 128 cm³/mol. The number of ether oxygens (including phenoxy) is 1. The van der Waals surface area contributed by atoms with Gasteiger partial charge in [0.25, 0.3) is 0 Å². The van der Waals surface area contributed by atoms with E-state index in [1.54, 1.807) is 6.92 Å². The molecule has 0 spiro atoms. The first-order valence-electron chi connectivity index (χ1n) is 12.0. The Balaban J connectivity index is 1.20. The molecule has 1 saturated carbocycles. The number of carboxylic acid groups (broad SMARTS) is 1. The van der Waals surface area contributed by atoms with Crippen LogP contribution >= 0.6 is 0 Å². The summed E-state index contributed by atoms with van der Waals surface area (Å²) >= 11 is 0. The van der Waals surface area contributed by atoms with Crippen molar-refractivity contribution < 1.29 is 24.2 Å². The molecule has 1 fully saturated rings. The van der Waals surface area contributed by atoms with Crippen LogP contribution in [0.5, 0.6) is 0 Å². The number of rotatable bonds is 9. The minimum absolute atomic E-state index is 0.0380. The molecule has 2 amide bonds. The molecule has 3 atom stereocenters. The molecule has 0 bridgehead atoms. The van der Waals surface area contributed by atoms with E-state index in [0.29, 0.717) is 25.5 Å². The van der Waals surface area contributed by atoms with Gasteiger partial charge in [0.2, 0.25) is 5.91 Å². The molecule has 180 valence electrons.